The number of benzene rings is 1. The zero-order valence-electron chi connectivity index (χ0n) is 15.0. The maximum absolute atomic E-state index is 12.4. The lowest BCUT2D eigenvalue weighted by Crippen LogP contribution is -2.48. The number of aliphatic hydroxyl groups excluding tert-OH is 1. The fourth-order valence-corrected chi connectivity index (χ4v) is 5.78. The van der Waals surface area contributed by atoms with Crippen LogP contribution in [0.5, 0.6) is 0 Å². The highest BCUT2D eigenvalue weighted by atomic mass is 16.6. The minimum Gasteiger partial charge on any atom is -0.453 e. The minimum atomic E-state index is -0.436. The van der Waals surface area contributed by atoms with E-state index in [9.17, 15) is 20.0 Å². The van der Waals surface area contributed by atoms with Gasteiger partial charge in [0.2, 0.25) is 0 Å². The smallest absolute Gasteiger partial charge is 0.409 e. The van der Waals surface area contributed by atoms with Gasteiger partial charge in [-0.3, -0.25) is 10.1 Å². The van der Waals surface area contributed by atoms with Gasteiger partial charge in [-0.25, -0.2) is 4.79 Å². The van der Waals surface area contributed by atoms with Gasteiger partial charge >= 0.3 is 6.09 Å². The molecule has 6 atom stereocenters. The molecule has 0 aromatic heterocycles. The van der Waals surface area contributed by atoms with Gasteiger partial charge in [0.15, 0.2) is 0 Å². The van der Waals surface area contributed by atoms with Crippen LogP contribution in [0, 0.1) is 33.3 Å². The molecule has 1 aromatic rings. The minimum absolute atomic E-state index is 0.0509. The largest absolute Gasteiger partial charge is 0.453 e. The second-order valence-corrected chi connectivity index (χ2v) is 7.53. The Labute approximate surface area is 157 Å². The standard InChI is InChI=1S/C20H22N2O5/c1-3-20-11-21(19(24)27-2)18-14(10-23)15(20)9-8-13(17(18)20)12-6-4-5-7-16(12)22(25)26/h3-9,13-15,17-18,23H,1,10-11H2,2H3/t13-,14?,15+,17+,18+,20-/m0/s1. The molecule has 1 saturated heterocycles. The van der Waals surface area contributed by atoms with Crippen LogP contribution < -0.4 is 0 Å². The Kier molecular flexibility index (Phi) is 4.07. The van der Waals surface area contributed by atoms with Crippen molar-refractivity contribution in [2.75, 3.05) is 20.3 Å². The van der Waals surface area contributed by atoms with E-state index < -0.39 is 11.5 Å². The van der Waals surface area contributed by atoms with E-state index in [4.69, 9.17) is 4.74 Å². The Morgan fingerprint density at radius 2 is 2.22 bits per heavy atom. The van der Waals surface area contributed by atoms with Crippen molar-refractivity contribution in [3.05, 3.63) is 64.8 Å². The maximum Gasteiger partial charge on any atom is 0.409 e. The van der Waals surface area contributed by atoms with Crippen molar-refractivity contribution in [3.8, 4) is 0 Å². The van der Waals surface area contributed by atoms with E-state index in [2.05, 4.69) is 12.7 Å². The summed E-state index contributed by atoms with van der Waals surface area (Å²) in [6.07, 6.45) is 5.49. The summed E-state index contributed by atoms with van der Waals surface area (Å²) in [7, 11) is 1.34. The quantitative estimate of drug-likeness (QED) is 0.500. The first-order valence-corrected chi connectivity index (χ1v) is 9.00. The molecular weight excluding hydrogens is 348 g/mol. The SMILES string of the molecule is C=C[C@]12CN(C(=O)OC)[C@@H]3C(CO)[C@H]1C=C[C@@H](c1ccccc1[N+](=O)[O-])[C@H]32. The number of nitro groups is 1. The molecule has 1 aliphatic heterocycles. The van der Waals surface area contributed by atoms with Gasteiger partial charge in [0.1, 0.15) is 0 Å². The van der Waals surface area contributed by atoms with Gasteiger partial charge in [-0.1, -0.05) is 36.4 Å². The van der Waals surface area contributed by atoms with Crippen LogP contribution in [0.1, 0.15) is 11.5 Å². The predicted octanol–water partition coefficient (Wildman–Crippen LogP) is 2.73. The lowest BCUT2D eigenvalue weighted by Gasteiger charge is -2.42. The number of ether oxygens (including phenoxy) is 1. The van der Waals surface area contributed by atoms with Gasteiger partial charge in [0, 0.05) is 54.0 Å². The van der Waals surface area contributed by atoms with Crippen molar-refractivity contribution in [2.24, 2.45) is 23.2 Å². The van der Waals surface area contributed by atoms with Crippen molar-refractivity contribution in [1.29, 1.82) is 0 Å². The first kappa shape index (κ1) is 17.7. The molecule has 1 aromatic carbocycles. The summed E-state index contributed by atoms with van der Waals surface area (Å²) in [4.78, 5) is 25.3. The van der Waals surface area contributed by atoms with E-state index in [1.54, 1.807) is 23.1 Å². The Hall–Kier alpha value is -2.67. The normalized spacial score (nSPS) is 35.9. The second-order valence-electron chi connectivity index (χ2n) is 7.53. The molecule has 142 valence electrons. The zero-order chi connectivity index (χ0) is 19.3. The molecule has 1 saturated carbocycles. The van der Waals surface area contributed by atoms with Gasteiger partial charge in [-0.15, -0.1) is 6.58 Å². The Bertz CT molecular complexity index is 837. The number of nitro benzene ring substituents is 1. The third-order valence-corrected chi connectivity index (χ3v) is 6.72. The van der Waals surface area contributed by atoms with Crippen LogP contribution in [0.3, 0.4) is 0 Å². The summed E-state index contributed by atoms with van der Waals surface area (Å²) in [6, 6.07) is 6.47. The number of methoxy groups -OCH3 is 1. The maximum atomic E-state index is 12.4. The number of aliphatic hydroxyl groups is 1. The number of hydrogen-bond acceptors (Lipinski definition) is 5. The number of hydrogen-bond donors (Lipinski definition) is 1. The molecule has 1 amide bonds. The summed E-state index contributed by atoms with van der Waals surface area (Å²) in [6.45, 7) is 4.42. The van der Waals surface area contributed by atoms with Crippen molar-refractivity contribution >= 4 is 11.8 Å². The highest BCUT2D eigenvalue weighted by Crippen LogP contribution is 2.66. The zero-order valence-corrected chi connectivity index (χ0v) is 15.0. The monoisotopic (exact) mass is 370 g/mol. The molecule has 1 N–H and O–H groups in total. The van der Waals surface area contributed by atoms with E-state index in [1.165, 1.54) is 13.2 Å². The van der Waals surface area contributed by atoms with Crippen LogP contribution in [0.25, 0.3) is 0 Å². The summed E-state index contributed by atoms with van der Waals surface area (Å²) in [5.74, 6) is -0.431. The average Bonchev–Trinajstić information content (AvgIpc) is 3.11. The summed E-state index contributed by atoms with van der Waals surface area (Å²) in [5, 5.41) is 21.6. The number of amides is 1. The molecule has 0 spiro atoms. The average molecular weight is 370 g/mol. The number of likely N-dealkylation sites (tertiary alicyclic amines) is 1. The van der Waals surface area contributed by atoms with Crippen molar-refractivity contribution in [3.63, 3.8) is 0 Å². The van der Waals surface area contributed by atoms with Crippen LogP contribution in [0.4, 0.5) is 10.5 Å². The first-order chi connectivity index (χ1) is 13.0. The number of piperidine rings is 1. The number of carbonyl (C=O) groups is 1. The lowest BCUT2D eigenvalue weighted by molar-refractivity contribution is -0.385. The summed E-state index contributed by atoms with van der Waals surface area (Å²) >= 11 is 0. The first-order valence-electron chi connectivity index (χ1n) is 9.00. The van der Waals surface area contributed by atoms with Crippen LogP contribution in [0.2, 0.25) is 0 Å². The van der Waals surface area contributed by atoms with Gasteiger partial charge in [-0.2, -0.15) is 0 Å². The van der Waals surface area contributed by atoms with Gasteiger partial charge in [0.05, 0.1) is 12.0 Å². The van der Waals surface area contributed by atoms with Gasteiger partial charge in [-0.05, 0) is 5.92 Å². The molecular formula is C20H22N2O5. The van der Waals surface area contributed by atoms with Crippen molar-refractivity contribution < 1.29 is 19.6 Å². The van der Waals surface area contributed by atoms with Crippen LogP contribution in [0.15, 0.2) is 49.1 Å². The Morgan fingerprint density at radius 3 is 2.85 bits per heavy atom. The summed E-state index contributed by atoms with van der Waals surface area (Å²) < 4.78 is 4.96. The van der Waals surface area contributed by atoms with Gasteiger partial charge < -0.3 is 14.7 Å². The molecule has 2 fully saturated rings. The van der Waals surface area contributed by atoms with Crippen LogP contribution in [-0.4, -0.2) is 47.3 Å². The molecule has 3 aliphatic rings. The van der Waals surface area contributed by atoms with Crippen LogP contribution >= 0.6 is 0 Å². The molecule has 4 bridgehead atoms. The molecule has 0 radical (unpaired) electrons. The van der Waals surface area contributed by atoms with E-state index in [-0.39, 0.29) is 46.9 Å². The number of para-hydroxylation sites is 1. The fourth-order valence-electron chi connectivity index (χ4n) is 5.78. The van der Waals surface area contributed by atoms with E-state index >= 15 is 0 Å². The van der Waals surface area contributed by atoms with E-state index in [1.807, 2.05) is 12.2 Å². The number of nitrogens with zero attached hydrogens (tertiary/aromatic N) is 2. The third-order valence-electron chi connectivity index (χ3n) is 6.72. The Morgan fingerprint density at radius 1 is 1.48 bits per heavy atom. The van der Waals surface area contributed by atoms with Crippen molar-refractivity contribution in [1.82, 2.24) is 4.90 Å². The molecule has 7 heteroatoms. The Balaban J connectivity index is 1.87. The predicted molar refractivity (Wildman–Crippen MR) is 98.1 cm³/mol. The molecule has 1 heterocycles. The molecule has 2 aliphatic carbocycles. The van der Waals surface area contributed by atoms with Gasteiger partial charge in [0.25, 0.3) is 5.69 Å². The molecule has 7 nitrogen and oxygen atoms in total. The molecule has 1 unspecified atom stereocenters. The summed E-state index contributed by atoms with van der Waals surface area (Å²) in [5.41, 5.74) is 0.264. The highest BCUT2D eigenvalue weighted by Gasteiger charge is 2.69. The van der Waals surface area contributed by atoms with E-state index in [0.29, 0.717) is 12.1 Å². The lowest BCUT2D eigenvalue weighted by atomic mass is 9.63. The number of rotatable bonds is 4. The second kappa shape index (κ2) is 6.20. The highest BCUT2D eigenvalue weighted by molar-refractivity contribution is 5.70. The topological polar surface area (TPSA) is 92.9 Å². The van der Waals surface area contributed by atoms with E-state index in [0.717, 1.165) is 0 Å². The molecule has 4 rings (SSSR count). The number of carbonyl (C=O) groups excluding carboxylic acids is 1. The molecule has 27 heavy (non-hydrogen) atoms. The fraction of sp³-hybridized carbons (Fsp3) is 0.450. The van der Waals surface area contributed by atoms with Crippen LogP contribution in [-0.2, 0) is 4.74 Å². The number of allylic oxidation sites excluding steroid dienone is 2. The van der Waals surface area contributed by atoms with Crippen molar-refractivity contribution in [2.45, 2.75) is 12.0 Å². The third kappa shape index (κ3) is 2.21.